The van der Waals surface area contributed by atoms with Gasteiger partial charge >= 0.3 is 0 Å². The molecule has 10 nitrogen and oxygen atoms in total. The second-order valence-corrected chi connectivity index (χ2v) is 9.13. The van der Waals surface area contributed by atoms with E-state index >= 15 is 0 Å². The molecule has 2 heterocycles. The summed E-state index contributed by atoms with van der Waals surface area (Å²) in [5.74, 6) is 0.0102. The first-order valence-corrected chi connectivity index (χ1v) is 11.7. The highest BCUT2D eigenvalue weighted by molar-refractivity contribution is 7.89. The maximum atomic E-state index is 12.3. The Bertz CT molecular complexity index is 1040. The summed E-state index contributed by atoms with van der Waals surface area (Å²) in [4.78, 5) is 39.2. The van der Waals surface area contributed by atoms with Gasteiger partial charge in [0.25, 0.3) is 0 Å². The highest BCUT2D eigenvalue weighted by atomic mass is 32.2. The molecule has 0 aliphatic carbocycles. The molecule has 0 unspecified atom stereocenters. The number of anilines is 1. The Morgan fingerprint density at radius 2 is 1.62 bits per heavy atom. The van der Waals surface area contributed by atoms with E-state index in [1.165, 1.54) is 37.5 Å². The fourth-order valence-corrected chi connectivity index (χ4v) is 4.25. The number of hydrogen-bond donors (Lipinski definition) is 2. The molecule has 2 N–H and O–H groups in total. The van der Waals surface area contributed by atoms with Crippen molar-refractivity contribution in [2.45, 2.75) is 31.2 Å². The number of amides is 3. The Balaban J connectivity index is 1.44. The van der Waals surface area contributed by atoms with Gasteiger partial charge in [-0.15, -0.1) is 0 Å². The molecular formula is C21H26N4O6S. The number of hydrogen-bond acceptors (Lipinski definition) is 6. The summed E-state index contributed by atoms with van der Waals surface area (Å²) in [7, 11) is -3.72. The Morgan fingerprint density at radius 1 is 0.969 bits per heavy atom. The summed E-state index contributed by atoms with van der Waals surface area (Å²) < 4.78 is 32.2. The molecule has 1 saturated heterocycles. The summed E-state index contributed by atoms with van der Waals surface area (Å²) in [6.45, 7) is 3.46. The van der Waals surface area contributed by atoms with Crippen LogP contribution in [0.25, 0.3) is 0 Å². The van der Waals surface area contributed by atoms with Crippen LogP contribution in [0, 0.1) is 0 Å². The molecule has 1 aliphatic heterocycles. The van der Waals surface area contributed by atoms with Crippen LogP contribution in [0.5, 0.6) is 0 Å². The molecule has 1 fully saturated rings. The minimum Gasteiger partial charge on any atom is -0.468 e. The van der Waals surface area contributed by atoms with Gasteiger partial charge in [-0.3, -0.25) is 14.4 Å². The van der Waals surface area contributed by atoms with Gasteiger partial charge in [-0.05, 0) is 36.4 Å². The molecule has 11 heteroatoms. The number of carbonyl (C=O) groups excluding carboxylic acids is 3. The second kappa shape index (κ2) is 10.4. The van der Waals surface area contributed by atoms with E-state index in [4.69, 9.17) is 4.42 Å². The largest absolute Gasteiger partial charge is 0.468 e. The predicted molar refractivity (Wildman–Crippen MR) is 116 cm³/mol. The van der Waals surface area contributed by atoms with E-state index < -0.39 is 10.0 Å². The van der Waals surface area contributed by atoms with Crippen molar-refractivity contribution < 1.29 is 27.2 Å². The Morgan fingerprint density at radius 3 is 2.22 bits per heavy atom. The van der Waals surface area contributed by atoms with Crippen molar-refractivity contribution in [2.24, 2.45) is 0 Å². The smallest absolute Gasteiger partial charge is 0.240 e. The second-order valence-electron chi connectivity index (χ2n) is 7.36. The third-order valence-corrected chi connectivity index (χ3v) is 6.53. The van der Waals surface area contributed by atoms with Crippen LogP contribution in [-0.2, 0) is 31.0 Å². The maximum Gasteiger partial charge on any atom is 0.240 e. The van der Waals surface area contributed by atoms with Crippen molar-refractivity contribution in [2.75, 3.05) is 31.5 Å². The summed E-state index contributed by atoms with van der Waals surface area (Å²) in [5.41, 5.74) is 0.433. The molecule has 0 saturated carbocycles. The Kier molecular flexibility index (Phi) is 7.65. The molecule has 0 spiro atoms. The molecule has 3 rings (SSSR count). The Hall–Kier alpha value is -3.18. The Labute approximate surface area is 186 Å². The van der Waals surface area contributed by atoms with Crippen LogP contribution in [0.3, 0.4) is 0 Å². The van der Waals surface area contributed by atoms with Crippen LogP contribution in [0.2, 0.25) is 0 Å². The first-order valence-electron chi connectivity index (χ1n) is 10.2. The zero-order valence-electron chi connectivity index (χ0n) is 17.7. The number of nitrogens with zero attached hydrogens (tertiary/aromatic N) is 2. The lowest BCUT2D eigenvalue weighted by molar-refractivity contribution is -0.138. The van der Waals surface area contributed by atoms with Crippen molar-refractivity contribution in [1.82, 2.24) is 14.5 Å². The highest BCUT2D eigenvalue weighted by Crippen LogP contribution is 2.15. The van der Waals surface area contributed by atoms with E-state index in [1.807, 2.05) is 0 Å². The maximum absolute atomic E-state index is 12.3. The summed E-state index contributed by atoms with van der Waals surface area (Å²) in [6.07, 6.45) is 1.54. The first kappa shape index (κ1) is 23.5. The lowest BCUT2D eigenvalue weighted by Gasteiger charge is -2.34. The van der Waals surface area contributed by atoms with Crippen molar-refractivity contribution in [3.05, 3.63) is 48.4 Å². The third kappa shape index (κ3) is 6.41. The number of carbonyl (C=O) groups is 3. The van der Waals surface area contributed by atoms with Gasteiger partial charge in [0.2, 0.25) is 27.7 Å². The van der Waals surface area contributed by atoms with Crippen molar-refractivity contribution in [1.29, 1.82) is 0 Å². The van der Waals surface area contributed by atoms with E-state index in [2.05, 4.69) is 10.0 Å². The van der Waals surface area contributed by atoms with E-state index in [0.717, 1.165) is 0 Å². The third-order valence-electron chi connectivity index (χ3n) is 5.11. The van der Waals surface area contributed by atoms with Crippen LogP contribution in [0.1, 0.15) is 25.5 Å². The fraction of sp³-hybridized carbons (Fsp3) is 0.381. The fourth-order valence-electron chi connectivity index (χ4n) is 3.25. The van der Waals surface area contributed by atoms with Crippen molar-refractivity contribution in [3.8, 4) is 0 Å². The first-order chi connectivity index (χ1) is 15.2. The monoisotopic (exact) mass is 462 g/mol. The number of benzene rings is 1. The van der Waals surface area contributed by atoms with Gasteiger partial charge in [-0.2, -0.15) is 0 Å². The van der Waals surface area contributed by atoms with E-state index in [9.17, 15) is 22.8 Å². The summed E-state index contributed by atoms with van der Waals surface area (Å²) in [5, 5.41) is 2.66. The van der Waals surface area contributed by atoms with E-state index in [-0.39, 0.29) is 42.0 Å². The molecule has 0 bridgehead atoms. The van der Waals surface area contributed by atoms with Crippen LogP contribution >= 0.6 is 0 Å². The molecule has 172 valence electrons. The molecule has 3 amide bonds. The lowest BCUT2D eigenvalue weighted by atomic mass is 10.2. The molecule has 32 heavy (non-hydrogen) atoms. The van der Waals surface area contributed by atoms with E-state index in [1.54, 1.807) is 21.9 Å². The minimum absolute atomic E-state index is 0.0104. The topological polar surface area (TPSA) is 129 Å². The lowest BCUT2D eigenvalue weighted by Crippen LogP contribution is -2.50. The molecule has 1 aromatic carbocycles. The van der Waals surface area contributed by atoms with Gasteiger partial charge in [0.05, 0.1) is 17.7 Å². The molecule has 0 atom stereocenters. The highest BCUT2D eigenvalue weighted by Gasteiger charge is 2.22. The zero-order valence-corrected chi connectivity index (χ0v) is 18.6. The van der Waals surface area contributed by atoms with Gasteiger partial charge in [0, 0.05) is 51.6 Å². The zero-order chi connectivity index (χ0) is 23.1. The molecular weight excluding hydrogens is 436 g/mol. The van der Waals surface area contributed by atoms with Crippen LogP contribution in [0.4, 0.5) is 5.69 Å². The van der Waals surface area contributed by atoms with Gasteiger partial charge in [-0.1, -0.05) is 0 Å². The van der Waals surface area contributed by atoms with Crippen molar-refractivity contribution >= 4 is 33.4 Å². The number of piperazine rings is 1. The molecule has 2 aromatic rings. The van der Waals surface area contributed by atoms with Crippen LogP contribution in [0.15, 0.2) is 52.0 Å². The quantitative estimate of drug-likeness (QED) is 0.606. The standard InChI is InChI=1S/C21H26N4O6S/c1-16(26)24-10-12-25(13-11-24)21(28)9-8-20(27)23-17-4-6-19(7-5-17)32(29,30)22-15-18-3-2-14-31-18/h2-7,14,22H,8-13,15H2,1H3,(H,23,27). The molecule has 1 aliphatic rings. The molecule has 1 aromatic heterocycles. The SMILES string of the molecule is CC(=O)N1CCN(C(=O)CCC(=O)Nc2ccc(S(=O)(=O)NCc3ccco3)cc2)CC1. The number of sulfonamides is 1. The average molecular weight is 463 g/mol. The average Bonchev–Trinajstić information content (AvgIpc) is 3.30. The van der Waals surface area contributed by atoms with E-state index in [0.29, 0.717) is 37.6 Å². The predicted octanol–water partition coefficient (Wildman–Crippen LogP) is 1.17. The van der Waals surface area contributed by atoms with Gasteiger partial charge in [-0.25, -0.2) is 13.1 Å². The number of rotatable bonds is 8. The van der Waals surface area contributed by atoms with Gasteiger partial charge < -0.3 is 19.5 Å². The van der Waals surface area contributed by atoms with Crippen LogP contribution < -0.4 is 10.0 Å². The number of nitrogens with one attached hydrogen (secondary N) is 2. The summed E-state index contributed by atoms with van der Waals surface area (Å²) in [6, 6.07) is 9.09. The normalized spacial score (nSPS) is 14.3. The van der Waals surface area contributed by atoms with Gasteiger partial charge in [0.1, 0.15) is 5.76 Å². The number of furan rings is 1. The molecule has 0 radical (unpaired) electrons. The summed E-state index contributed by atoms with van der Waals surface area (Å²) >= 11 is 0. The van der Waals surface area contributed by atoms with Crippen LogP contribution in [-0.4, -0.2) is 62.1 Å². The van der Waals surface area contributed by atoms with Crippen molar-refractivity contribution in [3.63, 3.8) is 0 Å². The van der Waals surface area contributed by atoms with Gasteiger partial charge in [0.15, 0.2) is 0 Å². The minimum atomic E-state index is -3.72.